The van der Waals surface area contributed by atoms with E-state index in [1.54, 1.807) is 0 Å². The first-order valence-corrected chi connectivity index (χ1v) is 7.26. The highest BCUT2D eigenvalue weighted by Crippen LogP contribution is 2.40. The quantitative estimate of drug-likeness (QED) is 0.837. The fourth-order valence-electron chi connectivity index (χ4n) is 1.32. The lowest BCUT2D eigenvalue weighted by Gasteiger charge is -2.13. The second-order valence-corrected chi connectivity index (χ2v) is 6.89. The minimum atomic E-state index is -2.78. The van der Waals surface area contributed by atoms with E-state index in [0.29, 0.717) is 0 Å². The molecule has 1 amide bonds. The Hall–Kier alpha value is -1.55. The summed E-state index contributed by atoms with van der Waals surface area (Å²) >= 11 is 0. The maximum atomic E-state index is 14.0. The van der Waals surface area contributed by atoms with E-state index in [4.69, 9.17) is 10.5 Å². The van der Waals surface area contributed by atoms with E-state index >= 15 is 0 Å². The molecule has 0 bridgehead atoms. The highest BCUT2D eigenvalue weighted by atomic mass is 31.2. The zero-order chi connectivity index (χ0) is 13.2. The van der Waals surface area contributed by atoms with Crippen molar-refractivity contribution >= 4 is 18.5 Å². The van der Waals surface area contributed by atoms with Crippen LogP contribution >= 0.6 is 7.14 Å². The van der Waals surface area contributed by atoms with Crippen LogP contribution in [0.1, 0.15) is 0 Å². The van der Waals surface area contributed by atoms with Crippen LogP contribution in [0.25, 0.3) is 0 Å². The number of rotatable bonds is 3. The lowest BCUT2D eigenvalue weighted by molar-refractivity contribution is 0.208. The van der Waals surface area contributed by atoms with Crippen molar-refractivity contribution in [3.63, 3.8) is 0 Å². The van der Waals surface area contributed by atoms with Gasteiger partial charge in [-0.05, 0) is 25.5 Å². The van der Waals surface area contributed by atoms with Gasteiger partial charge < -0.3 is 19.8 Å². The molecule has 0 aliphatic carbocycles. The summed E-state index contributed by atoms with van der Waals surface area (Å²) in [5, 5.41) is 0.0335. The van der Waals surface area contributed by atoms with Gasteiger partial charge in [-0.1, -0.05) is 0 Å². The maximum absolute atomic E-state index is 14.0. The van der Waals surface area contributed by atoms with Crippen molar-refractivity contribution in [1.29, 1.82) is 0 Å². The molecule has 0 radical (unpaired) electrons. The Kier molecular flexibility index (Phi) is 3.78. The van der Waals surface area contributed by atoms with Crippen LogP contribution in [0.2, 0.25) is 0 Å². The van der Waals surface area contributed by atoms with E-state index in [2.05, 4.69) is 4.74 Å². The third kappa shape index (κ3) is 2.97. The van der Waals surface area contributed by atoms with Gasteiger partial charge in [0.25, 0.3) is 0 Å². The van der Waals surface area contributed by atoms with E-state index in [1.165, 1.54) is 32.6 Å². The molecule has 0 saturated heterocycles. The van der Waals surface area contributed by atoms with Gasteiger partial charge in [-0.3, -0.25) is 0 Å². The minimum Gasteiger partial charge on any atom is -0.490 e. The summed E-state index contributed by atoms with van der Waals surface area (Å²) in [5.41, 5.74) is 4.83. The molecule has 0 atom stereocenters. The summed E-state index contributed by atoms with van der Waals surface area (Å²) in [6, 6.07) is 2.58. The van der Waals surface area contributed by atoms with Crippen molar-refractivity contribution in [2.24, 2.45) is 5.73 Å². The van der Waals surface area contributed by atoms with Gasteiger partial charge in [0.05, 0.1) is 12.4 Å². The van der Waals surface area contributed by atoms with Crippen LogP contribution in [0, 0.1) is 5.82 Å². The Morgan fingerprint density at radius 3 is 2.41 bits per heavy atom. The highest BCUT2D eigenvalue weighted by molar-refractivity contribution is 7.70. The predicted molar refractivity (Wildman–Crippen MR) is 62.3 cm³/mol. The van der Waals surface area contributed by atoms with Gasteiger partial charge in [-0.15, -0.1) is 0 Å². The average Bonchev–Trinajstić information content (AvgIpc) is 2.15. The van der Waals surface area contributed by atoms with Crippen molar-refractivity contribution < 1.29 is 23.2 Å². The summed E-state index contributed by atoms with van der Waals surface area (Å²) in [5.74, 6) is -1.24. The predicted octanol–water partition coefficient (Wildman–Crippen LogP) is 1.54. The lowest BCUT2D eigenvalue weighted by atomic mass is 10.3. The molecule has 0 aromatic heterocycles. The minimum absolute atomic E-state index is 0.0335. The van der Waals surface area contributed by atoms with E-state index in [0.717, 1.165) is 0 Å². The van der Waals surface area contributed by atoms with Crippen molar-refractivity contribution in [2.75, 3.05) is 20.4 Å². The molecule has 1 aromatic rings. The third-order valence-electron chi connectivity index (χ3n) is 2.04. The monoisotopic (exact) mass is 261 g/mol. The van der Waals surface area contributed by atoms with Crippen molar-refractivity contribution in [3.8, 4) is 11.5 Å². The Balaban J connectivity index is 3.37. The summed E-state index contributed by atoms with van der Waals surface area (Å²) in [4.78, 5) is 10.6. The van der Waals surface area contributed by atoms with Gasteiger partial charge in [0.2, 0.25) is 0 Å². The first-order valence-electron chi connectivity index (χ1n) is 4.66. The SMILES string of the molecule is COc1c(OC(N)=O)ccc(P(C)(C)=O)c1F. The largest absolute Gasteiger partial charge is 0.490 e. The molecule has 0 heterocycles. The van der Waals surface area contributed by atoms with Gasteiger partial charge in [-0.25, -0.2) is 9.18 Å². The first kappa shape index (κ1) is 13.5. The van der Waals surface area contributed by atoms with E-state index < -0.39 is 19.1 Å². The van der Waals surface area contributed by atoms with Crippen LogP contribution < -0.4 is 20.5 Å². The lowest BCUT2D eigenvalue weighted by Crippen LogP contribution is -2.18. The number of nitrogens with two attached hydrogens (primary N) is 1. The summed E-state index contributed by atoms with van der Waals surface area (Å²) < 4.78 is 35.1. The Morgan fingerprint density at radius 2 is 2.00 bits per heavy atom. The first-order chi connectivity index (χ1) is 7.77. The molecule has 0 aliphatic heterocycles. The van der Waals surface area contributed by atoms with Gasteiger partial charge in [0, 0.05) is 0 Å². The molecule has 5 nitrogen and oxygen atoms in total. The van der Waals surface area contributed by atoms with Crippen LogP contribution in [0.3, 0.4) is 0 Å². The molecule has 7 heteroatoms. The van der Waals surface area contributed by atoms with Crippen LogP contribution in [-0.2, 0) is 4.57 Å². The highest BCUT2D eigenvalue weighted by Gasteiger charge is 2.23. The van der Waals surface area contributed by atoms with E-state index in [1.807, 2.05) is 0 Å². The molecular formula is C10H13FNO4P. The number of carbonyl (C=O) groups is 1. The number of halogens is 1. The maximum Gasteiger partial charge on any atom is 0.410 e. The standard InChI is InChI=1S/C10H13FNO4P/c1-15-9-6(16-10(12)13)4-5-7(8(9)11)17(2,3)14/h4-5H,1-3H3,(H2,12,13). The number of methoxy groups -OCH3 is 1. The molecule has 1 rings (SSSR count). The molecular weight excluding hydrogens is 248 g/mol. The number of ether oxygens (including phenoxy) is 2. The molecule has 0 unspecified atom stereocenters. The molecule has 0 spiro atoms. The zero-order valence-electron chi connectivity index (χ0n) is 9.69. The van der Waals surface area contributed by atoms with Crippen LogP contribution in [0.15, 0.2) is 12.1 Å². The van der Waals surface area contributed by atoms with Crippen molar-refractivity contribution in [2.45, 2.75) is 0 Å². The fourth-order valence-corrected chi connectivity index (χ4v) is 2.33. The third-order valence-corrected chi connectivity index (χ3v) is 3.54. The van der Waals surface area contributed by atoms with Gasteiger partial charge in [0.1, 0.15) is 7.14 Å². The number of primary amides is 1. The molecule has 0 fully saturated rings. The van der Waals surface area contributed by atoms with Gasteiger partial charge >= 0.3 is 6.09 Å². The zero-order valence-corrected chi connectivity index (χ0v) is 10.6. The normalized spacial score (nSPS) is 11.1. The number of hydrogen-bond acceptors (Lipinski definition) is 4. The average molecular weight is 261 g/mol. The topological polar surface area (TPSA) is 78.6 Å². The van der Waals surface area contributed by atoms with Crippen LogP contribution in [0.4, 0.5) is 9.18 Å². The Bertz CT molecular complexity index is 497. The Labute approximate surface area is 98.1 Å². The number of carbonyl (C=O) groups excluding carboxylic acids is 1. The number of hydrogen-bond donors (Lipinski definition) is 1. The molecule has 2 N–H and O–H groups in total. The van der Waals surface area contributed by atoms with Crippen molar-refractivity contribution in [3.05, 3.63) is 17.9 Å². The van der Waals surface area contributed by atoms with E-state index in [-0.39, 0.29) is 16.8 Å². The summed E-state index contributed by atoms with van der Waals surface area (Å²) in [6.07, 6.45) is -1.08. The molecule has 17 heavy (non-hydrogen) atoms. The van der Waals surface area contributed by atoms with Crippen LogP contribution in [0.5, 0.6) is 11.5 Å². The fraction of sp³-hybridized carbons (Fsp3) is 0.300. The molecule has 1 aromatic carbocycles. The molecule has 94 valence electrons. The smallest absolute Gasteiger partial charge is 0.410 e. The molecule has 0 saturated carbocycles. The second-order valence-electron chi connectivity index (χ2n) is 3.70. The second kappa shape index (κ2) is 4.75. The summed E-state index contributed by atoms with van der Waals surface area (Å²) in [6.45, 7) is 2.86. The van der Waals surface area contributed by atoms with Crippen molar-refractivity contribution in [1.82, 2.24) is 0 Å². The number of amides is 1. The number of benzene rings is 1. The van der Waals surface area contributed by atoms with Crippen LogP contribution in [-0.4, -0.2) is 26.5 Å². The Morgan fingerprint density at radius 1 is 1.41 bits per heavy atom. The molecule has 0 aliphatic rings. The van der Waals surface area contributed by atoms with E-state index in [9.17, 15) is 13.8 Å². The summed E-state index contributed by atoms with van der Waals surface area (Å²) in [7, 11) is -1.56. The van der Waals surface area contributed by atoms with Gasteiger partial charge in [0.15, 0.2) is 17.3 Å². The van der Waals surface area contributed by atoms with Gasteiger partial charge in [-0.2, -0.15) is 0 Å².